The molecular weight excluding hydrogens is 347 g/mol. The minimum atomic E-state index is -4.09. The van der Waals surface area contributed by atoms with Crippen LogP contribution in [0.15, 0.2) is 10.8 Å². The SMILES string of the molecule is CC(C)(C)c1nc(N2CCC(C(F)(F)F)CC2)cnc1Br. The number of alkyl halides is 3. The normalized spacial score (nSPS) is 18.1. The topological polar surface area (TPSA) is 29.0 Å². The van der Waals surface area contributed by atoms with Gasteiger partial charge in [0.1, 0.15) is 10.4 Å². The second kappa shape index (κ2) is 5.74. The Bertz CT molecular complexity index is 503. The number of rotatable bonds is 1. The molecule has 0 aliphatic carbocycles. The first-order valence-electron chi connectivity index (χ1n) is 6.93. The summed E-state index contributed by atoms with van der Waals surface area (Å²) in [5, 5.41) is 0. The smallest absolute Gasteiger partial charge is 0.355 e. The third-order valence-electron chi connectivity index (χ3n) is 3.71. The quantitative estimate of drug-likeness (QED) is 0.742. The molecule has 0 amide bonds. The minimum Gasteiger partial charge on any atom is -0.355 e. The largest absolute Gasteiger partial charge is 0.391 e. The van der Waals surface area contributed by atoms with Crippen LogP contribution in [0.2, 0.25) is 0 Å². The van der Waals surface area contributed by atoms with E-state index in [2.05, 4.69) is 25.9 Å². The molecule has 1 saturated heterocycles. The van der Waals surface area contributed by atoms with Crippen LogP contribution >= 0.6 is 15.9 Å². The van der Waals surface area contributed by atoms with Gasteiger partial charge in [0.2, 0.25) is 0 Å². The highest BCUT2D eigenvalue weighted by atomic mass is 79.9. The van der Waals surface area contributed by atoms with Crippen molar-refractivity contribution in [2.45, 2.75) is 45.2 Å². The summed E-state index contributed by atoms with van der Waals surface area (Å²) in [7, 11) is 0. The van der Waals surface area contributed by atoms with Crippen LogP contribution in [0, 0.1) is 5.92 Å². The number of hydrogen-bond acceptors (Lipinski definition) is 3. The first-order valence-corrected chi connectivity index (χ1v) is 7.73. The molecule has 1 aliphatic heterocycles. The molecule has 21 heavy (non-hydrogen) atoms. The molecule has 118 valence electrons. The van der Waals surface area contributed by atoms with Crippen LogP contribution in [0.4, 0.5) is 19.0 Å². The van der Waals surface area contributed by atoms with Crippen LogP contribution in [0.1, 0.15) is 39.3 Å². The fourth-order valence-corrected chi connectivity index (χ4v) is 3.22. The van der Waals surface area contributed by atoms with Crippen LogP contribution < -0.4 is 4.90 Å². The van der Waals surface area contributed by atoms with Crippen molar-refractivity contribution in [2.24, 2.45) is 5.92 Å². The van der Waals surface area contributed by atoms with Gasteiger partial charge in [-0.15, -0.1) is 0 Å². The lowest BCUT2D eigenvalue weighted by atomic mass is 9.92. The number of anilines is 1. The number of piperidine rings is 1. The van der Waals surface area contributed by atoms with Crippen molar-refractivity contribution in [3.05, 3.63) is 16.5 Å². The molecule has 0 bridgehead atoms. The van der Waals surface area contributed by atoms with Gasteiger partial charge in [-0.2, -0.15) is 13.2 Å². The van der Waals surface area contributed by atoms with Gasteiger partial charge in [-0.3, -0.25) is 0 Å². The molecule has 1 aromatic heterocycles. The van der Waals surface area contributed by atoms with E-state index < -0.39 is 12.1 Å². The van der Waals surface area contributed by atoms with Crippen molar-refractivity contribution < 1.29 is 13.2 Å². The molecule has 0 unspecified atom stereocenters. The Hall–Kier alpha value is -0.850. The third kappa shape index (κ3) is 3.87. The lowest BCUT2D eigenvalue weighted by Gasteiger charge is -2.34. The van der Waals surface area contributed by atoms with Crippen LogP contribution in [0.5, 0.6) is 0 Å². The van der Waals surface area contributed by atoms with Crippen molar-refractivity contribution in [1.29, 1.82) is 0 Å². The molecule has 0 saturated carbocycles. The van der Waals surface area contributed by atoms with E-state index >= 15 is 0 Å². The average molecular weight is 366 g/mol. The fraction of sp³-hybridized carbons (Fsp3) is 0.714. The summed E-state index contributed by atoms with van der Waals surface area (Å²) in [6, 6.07) is 0. The van der Waals surface area contributed by atoms with Crippen molar-refractivity contribution >= 4 is 21.7 Å². The van der Waals surface area contributed by atoms with Crippen molar-refractivity contribution in [3.8, 4) is 0 Å². The van der Waals surface area contributed by atoms with E-state index in [4.69, 9.17) is 0 Å². The van der Waals surface area contributed by atoms with E-state index in [0.29, 0.717) is 23.5 Å². The molecule has 1 aromatic rings. The molecule has 0 N–H and O–H groups in total. The summed E-state index contributed by atoms with van der Waals surface area (Å²) in [5.41, 5.74) is 0.643. The third-order valence-corrected chi connectivity index (χ3v) is 4.29. The van der Waals surface area contributed by atoms with Crippen molar-refractivity contribution in [1.82, 2.24) is 9.97 Å². The van der Waals surface area contributed by atoms with Crippen LogP contribution in [0.3, 0.4) is 0 Å². The van der Waals surface area contributed by atoms with E-state index in [1.807, 2.05) is 25.7 Å². The zero-order valence-corrected chi connectivity index (χ0v) is 13.9. The van der Waals surface area contributed by atoms with Gasteiger partial charge in [0.05, 0.1) is 17.8 Å². The summed E-state index contributed by atoms with van der Waals surface area (Å²) in [6.45, 7) is 6.82. The van der Waals surface area contributed by atoms with E-state index in [1.165, 1.54) is 0 Å². The number of hydrogen-bond donors (Lipinski definition) is 0. The number of halogens is 4. The maximum Gasteiger partial charge on any atom is 0.391 e. The molecular formula is C14H19BrF3N3. The van der Waals surface area contributed by atoms with Crippen molar-refractivity contribution in [3.63, 3.8) is 0 Å². The van der Waals surface area contributed by atoms with Gasteiger partial charge < -0.3 is 4.90 Å². The molecule has 1 aliphatic rings. The van der Waals surface area contributed by atoms with Gasteiger partial charge in [0.15, 0.2) is 0 Å². The highest BCUT2D eigenvalue weighted by Gasteiger charge is 2.41. The first-order chi connectivity index (χ1) is 9.59. The zero-order chi connectivity index (χ0) is 15.8. The first kappa shape index (κ1) is 16.5. The second-order valence-corrected chi connectivity index (χ2v) is 7.17. The molecule has 0 spiro atoms. The molecule has 0 radical (unpaired) electrons. The molecule has 2 rings (SSSR count). The summed E-state index contributed by atoms with van der Waals surface area (Å²) in [6.07, 6.45) is -2.24. The number of aromatic nitrogens is 2. The molecule has 7 heteroatoms. The number of nitrogens with zero attached hydrogens (tertiary/aromatic N) is 3. The van der Waals surface area contributed by atoms with E-state index in [9.17, 15) is 13.2 Å². The highest BCUT2D eigenvalue weighted by Crippen LogP contribution is 2.35. The Balaban J connectivity index is 2.14. The highest BCUT2D eigenvalue weighted by molar-refractivity contribution is 9.10. The summed E-state index contributed by atoms with van der Waals surface area (Å²) < 4.78 is 38.8. The zero-order valence-electron chi connectivity index (χ0n) is 12.3. The van der Waals surface area contributed by atoms with Gasteiger partial charge >= 0.3 is 6.18 Å². The standard InChI is InChI=1S/C14H19BrF3N3/c1-13(2,3)11-12(15)19-8-10(20-11)21-6-4-9(5-7-21)14(16,17)18/h8-9H,4-7H2,1-3H3. The van der Waals surface area contributed by atoms with Gasteiger partial charge in [-0.1, -0.05) is 20.8 Å². The van der Waals surface area contributed by atoms with Gasteiger partial charge in [0.25, 0.3) is 0 Å². The predicted octanol–water partition coefficient (Wildman–Crippen LogP) is 4.32. The Labute approximate surface area is 131 Å². The van der Waals surface area contributed by atoms with E-state index in [-0.39, 0.29) is 18.3 Å². The Morgan fingerprint density at radius 3 is 2.24 bits per heavy atom. The van der Waals surface area contributed by atoms with Crippen molar-refractivity contribution in [2.75, 3.05) is 18.0 Å². The van der Waals surface area contributed by atoms with Crippen LogP contribution in [0.25, 0.3) is 0 Å². The second-order valence-electron chi connectivity index (χ2n) is 6.42. The van der Waals surface area contributed by atoms with Gasteiger partial charge in [0, 0.05) is 18.5 Å². The Kier molecular flexibility index (Phi) is 4.52. The Morgan fingerprint density at radius 2 is 1.76 bits per heavy atom. The summed E-state index contributed by atoms with van der Waals surface area (Å²) in [5.74, 6) is -0.539. The molecule has 0 atom stereocenters. The summed E-state index contributed by atoms with van der Waals surface area (Å²) in [4.78, 5) is 10.8. The molecule has 0 aromatic carbocycles. The summed E-state index contributed by atoms with van der Waals surface area (Å²) >= 11 is 3.38. The molecule has 1 fully saturated rings. The molecule has 2 heterocycles. The maximum absolute atomic E-state index is 12.7. The lowest BCUT2D eigenvalue weighted by molar-refractivity contribution is -0.179. The average Bonchev–Trinajstić information content (AvgIpc) is 2.37. The van der Waals surface area contributed by atoms with E-state index in [1.54, 1.807) is 6.20 Å². The van der Waals surface area contributed by atoms with Crippen LogP contribution in [-0.2, 0) is 5.41 Å². The Morgan fingerprint density at radius 1 is 1.19 bits per heavy atom. The maximum atomic E-state index is 12.7. The minimum absolute atomic E-state index is 0.117. The molecule has 3 nitrogen and oxygen atoms in total. The van der Waals surface area contributed by atoms with Crippen LogP contribution in [-0.4, -0.2) is 29.2 Å². The van der Waals surface area contributed by atoms with Gasteiger partial charge in [-0.25, -0.2) is 9.97 Å². The predicted molar refractivity (Wildman–Crippen MR) is 79.4 cm³/mol. The monoisotopic (exact) mass is 365 g/mol. The lowest BCUT2D eigenvalue weighted by Crippen LogP contribution is -2.39. The fourth-order valence-electron chi connectivity index (χ4n) is 2.43. The van der Waals surface area contributed by atoms with E-state index in [0.717, 1.165) is 5.69 Å². The van der Waals surface area contributed by atoms with Gasteiger partial charge in [-0.05, 0) is 28.8 Å².